The molecule has 2 aromatic heterocycles. The highest BCUT2D eigenvalue weighted by molar-refractivity contribution is 9.10. The van der Waals surface area contributed by atoms with Gasteiger partial charge in [0.2, 0.25) is 0 Å². The molecule has 0 bridgehead atoms. The minimum Gasteiger partial charge on any atom is -0.444 e. The zero-order chi connectivity index (χ0) is 18.7. The Kier molecular flexibility index (Phi) is 8.30. The number of carbonyl (C=O) groups excluding carboxylic acids is 1. The molecule has 0 fully saturated rings. The van der Waals surface area contributed by atoms with Crippen molar-refractivity contribution in [3.05, 3.63) is 45.2 Å². The molecular formula is C18H20Br2ClN3O2S. The molecular weight excluding hydrogens is 518 g/mol. The van der Waals surface area contributed by atoms with Gasteiger partial charge in [0.25, 0.3) is 5.91 Å². The van der Waals surface area contributed by atoms with Crippen LogP contribution in [0.2, 0.25) is 0 Å². The molecule has 0 atom stereocenters. The summed E-state index contributed by atoms with van der Waals surface area (Å²) in [4.78, 5) is 21.7. The van der Waals surface area contributed by atoms with Gasteiger partial charge in [0.15, 0.2) is 15.6 Å². The van der Waals surface area contributed by atoms with E-state index >= 15 is 0 Å². The summed E-state index contributed by atoms with van der Waals surface area (Å²) >= 11 is 8.26. The molecule has 0 unspecified atom stereocenters. The van der Waals surface area contributed by atoms with Crippen molar-refractivity contribution in [2.45, 2.75) is 13.8 Å². The second kappa shape index (κ2) is 10.0. The van der Waals surface area contributed by atoms with E-state index in [9.17, 15) is 4.79 Å². The predicted molar refractivity (Wildman–Crippen MR) is 120 cm³/mol. The van der Waals surface area contributed by atoms with Crippen molar-refractivity contribution in [2.75, 3.05) is 31.1 Å². The van der Waals surface area contributed by atoms with E-state index in [1.807, 2.05) is 18.2 Å². The number of fused-ring (bicyclic) bond motifs is 1. The first kappa shape index (κ1) is 22.4. The van der Waals surface area contributed by atoms with Crippen LogP contribution in [0.5, 0.6) is 0 Å². The normalized spacial score (nSPS) is 11.0. The highest BCUT2D eigenvalue weighted by Gasteiger charge is 2.24. The zero-order valence-corrected chi connectivity index (χ0v) is 19.8. The summed E-state index contributed by atoms with van der Waals surface area (Å²) in [5, 5.41) is 0.683. The molecule has 1 aromatic carbocycles. The Labute approximate surface area is 185 Å². The minimum absolute atomic E-state index is 0. The van der Waals surface area contributed by atoms with Crippen molar-refractivity contribution in [1.82, 2.24) is 9.88 Å². The van der Waals surface area contributed by atoms with Crippen molar-refractivity contribution in [2.24, 2.45) is 0 Å². The maximum atomic E-state index is 13.0. The summed E-state index contributed by atoms with van der Waals surface area (Å²) in [6.07, 6.45) is 0. The number of halogens is 3. The van der Waals surface area contributed by atoms with Crippen LogP contribution in [-0.4, -0.2) is 42.0 Å². The summed E-state index contributed by atoms with van der Waals surface area (Å²) in [6, 6.07) is 9.34. The van der Waals surface area contributed by atoms with E-state index < -0.39 is 0 Å². The highest BCUT2D eigenvalue weighted by atomic mass is 79.9. The number of thiazole rings is 1. The zero-order valence-electron chi connectivity index (χ0n) is 14.9. The first-order chi connectivity index (χ1) is 12.5. The maximum Gasteiger partial charge on any atom is 0.295 e. The van der Waals surface area contributed by atoms with Crippen LogP contribution in [0.15, 0.2) is 43.9 Å². The van der Waals surface area contributed by atoms with Gasteiger partial charge in [0, 0.05) is 17.6 Å². The molecule has 0 radical (unpaired) electrons. The summed E-state index contributed by atoms with van der Waals surface area (Å²) in [5.74, 6) is 0.123. The van der Waals surface area contributed by atoms with Crippen LogP contribution in [0.4, 0.5) is 5.13 Å². The number of furan rings is 1. The lowest BCUT2D eigenvalue weighted by molar-refractivity contribution is 0.0956. The van der Waals surface area contributed by atoms with Crippen LogP contribution in [0.25, 0.3) is 10.2 Å². The second-order valence-corrected chi connectivity index (χ2v) is 8.40. The van der Waals surface area contributed by atoms with Crippen molar-refractivity contribution in [1.29, 1.82) is 0 Å². The van der Waals surface area contributed by atoms with Crippen molar-refractivity contribution in [3.63, 3.8) is 0 Å². The fourth-order valence-electron chi connectivity index (χ4n) is 2.63. The third-order valence-corrected chi connectivity index (χ3v) is 6.09. The predicted octanol–water partition coefficient (Wildman–Crippen LogP) is 5.82. The average Bonchev–Trinajstić information content (AvgIpc) is 3.24. The molecule has 0 aliphatic heterocycles. The fraction of sp³-hybridized carbons (Fsp3) is 0.333. The van der Waals surface area contributed by atoms with Crippen LogP contribution in [0.3, 0.4) is 0 Å². The Bertz CT molecular complexity index is 911. The third kappa shape index (κ3) is 5.32. The lowest BCUT2D eigenvalue weighted by atomic mass is 10.3. The molecule has 0 spiro atoms. The van der Waals surface area contributed by atoms with E-state index in [1.54, 1.807) is 17.0 Å². The Balaban J connectivity index is 0.00000261. The monoisotopic (exact) mass is 535 g/mol. The standard InChI is InChI=1S/C18H19Br2N3O2S.ClH/c1-3-22(4-2)9-10-23(17(24)14-7-8-16(20)25-14)18-21-13-6-5-12(19)11-15(13)26-18;/h5-8,11H,3-4,9-10H2,1-2H3;1H. The van der Waals surface area contributed by atoms with E-state index in [0.29, 0.717) is 22.1 Å². The Morgan fingerprint density at radius 1 is 1.15 bits per heavy atom. The molecule has 1 amide bonds. The molecule has 0 aliphatic rings. The van der Waals surface area contributed by atoms with E-state index in [1.165, 1.54) is 11.3 Å². The SMILES string of the molecule is CCN(CC)CCN(C(=O)c1ccc(Br)o1)c1nc2ccc(Br)cc2s1.Cl. The Morgan fingerprint density at radius 2 is 1.89 bits per heavy atom. The van der Waals surface area contributed by atoms with Gasteiger partial charge in [-0.15, -0.1) is 12.4 Å². The molecule has 3 aromatic rings. The third-order valence-electron chi connectivity index (χ3n) is 4.13. The molecule has 146 valence electrons. The fourth-order valence-corrected chi connectivity index (χ4v) is 4.48. The van der Waals surface area contributed by atoms with Crippen LogP contribution >= 0.6 is 55.6 Å². The summed E-state index contributed by atoms with van der Waals surface area (Å²) in [6.45, 7) is 7.46. The number of hydrogen-bond acceptors (Lipinski definition) is 5. The number of rotatable bonds is 7. The lowest BCUT2D eigenvalue weighted by Crippen LogP contribution is -2.38. The largest absolute Gasteiger partial charge is 0.444 e. The van der Waals surface area contributed by atoms with Crippen LogP contribution in [0, 0.1) is 0 Å². The van der Waals surface area contributed by atoms with Gasteiger partial charge in [-0.25, -0.2) is 4.98 Å². The van der Waals surface area contributed by atoms with Crippen LogP contribution in [-0.2, 0) is 0 Å². The number of aromatic nitrogens is 1. The van der Waals surface area contributed by atoms with Gasteiger partial charge in [-0.05, 0) is 59.4 Å². The number of amides is 1. The Hall–Kier alpha value is -0.930. The van der Waals surface area contributed by atoms with Gasteiger partial charge in [0.1, 0.15) is 0 Å². The van der Waals surface area contributed by atoms with E-state index in [4.69, 9.17) is 4.42 Å². The second-order valence-electron chi connectivity index (χ2n) is 5.70. The van der Waals surface area contributed by atoms with Gasteiger partial charge in [-0.3, -0.25) is 9.69 Å². The van der Waals surface area contributed by atoms with Crippen molar-refractivity contribution in [3.8, 4) is 0 Å². The number of hydrogen-bond donors (Lipinski definition) is 0. The summed E-state index contributed by atoms with van der Waals surface area (Å²) in [7, 11) is 0. The van der Waals surface area contributed by atoms with Crippen LogP contribution < -0.4 is 4.90 Å². The lowest BCUT2D eigenvalue weighted by Gasteiger charge is -2.24. The summed E-state index contributed by atoms with van der Waals surface area (Å²) < 4.78 is 8.06. The molecule has 5 nitrogen and oxygen atoms in total. The molecule has 9 heteroatoms. The van der Waals surface area contributed by atoms with E-state index in [-0.39, 0.29) is 18.3 Å². The molecule has 0 aliphatic carbocycles. The molecule has 2 heterocycles. The average molecular weight is 538 g/mol. The van der Waals surface area contributed by atoms with Crippen molar-refractivity contribution < 1.29 is 9.21 Å². The molecule has 0 saturated heterocycles. The number of anilines is 1. The highest BCUT2D eigenvalue weighted by Crippen LogP contribution is 2.32. The number of benzene rings is 1. The minimum atomic E-state index is -0.180. The van der Waals surface area contributed by atoms with Crippen molar-refractivity contribution >= 4 is 76.9 Å². The van der Waals surface area contributed by atoms with Gasteiger partial charge in [-0.1, -0.05) is 41.1 Å². The van der Waals surface area contributed by atoms with Gasteiger partial charge < -0.3 is 9.32 Å². The smallest absolute Gasteiger partial charge is 0.295 e. The molecule has 0 N–H and O–H groups in total. The number of likely N-dealkylation sites (N-methyl/N-ethyl adjacent to an activating group) is 1. The first-order valence-corrected chi connectivity index (χ1v) is 10.8. The van der Waals surface area contributed by atoms with Gasteiger partial charge >= 0.3 is 0 Å². The quantitative estimate of drug-likeness (QED) is 0.381. The molecule has 0 saturated carbocycles. The number of nitrogens with zero attached hydrogens (tertiary/aromatic N) is 3. The topological polar surface area (TPSA) is 49.6 Å². The summed E-state index contributed by atoms with van der Waals surface area (Å²) in [5.41, 5.74) is 0.884. The molecule has 27 heavy (non-hydrogen) atoms. The van der Waals surface area contributed by atoms with E-state index in [0.717, 1.165) is 34.3 Å². The van der Waals surface area contributed by atoms with Crippen LogP contribution in [0.1, 0.15) is 24.4 Å². The molecule has 3 rings (SSSR count). The Morgan fingerprint density at radius 3 is 2.52 bits per heavy atom. The maximum absolute atomic E-state index is 13.0. The van der Waals surface area contributed by atoms with E-state index in [2.05, 4.69) is 55.6 Å². The number of carbonyl (C=O) groups is 1. The first-order valence-electron chi connectivity index (χ1n) is 8.37. The van der Waals surface area contributed by atoms with Gasteiger partial charge in [0.05, 0.1) is 10.2 Å². The van der Waals surface area contributed by atoms with Gasteiger partial charge in [-0.2, -0.15) is 0 Å².